The first-order valence-corrected chi connectivity index (χ1v) is 6.12. The smallest absolute Gasteiger partial charge is 0.418 e. The van der Waals surface area contributed by atoms with E-state index in [1.807, 2.05) is 5.32 Å². The van der Waals surface area contributed by atoms with Crippen molar-refractivity contribution in [3.8, 4) is 5.75 Å². The molecule has 1 aliphatic heterocycles. The lowest BCUT2D eigenvalue weighted by atomic mass is 10.1. The molecule has 2 N–H and O–H groups in total. The first kappa shape index (κ1) is 15.6. The molecule has 0 spiro atoms. The van der Waals surface area contributed by atoms with E-state index in [4.69, 9.17) is 4.74 Å². The highest BCUT2D eigenvalue weighted by Gasteiger charge is 2.50. The van der Waals surface area contributed by atoms with Gasteiger partial charge >= 0.3 is 6.18 Å². The lowest BCUT2D eigenvalue weighted by Crippen LogP contribution is -2.53. The lowest BCUT2D eigenvalue weighted by Gasteiger charge is -2.26. The van der Waals surface area contributed by atoms with E-state index >= 15 is 0 Å². The van der Waals surface area contributed by atoms with Crippen LogP contribution in [0.15, 0.2) is 18.2 Å². The zero-order chi connectivity index (χ0) is 15.8. The summed E-state index contributed by atoms with van der Waals surface area (Å²) in [6.45, 7) is -0.424. The molecule has 1 heterocycles. The molecule has 0 aromatic heterocycles. The van der Waals surface area contributed by atoms with Gasteiger partial charge in [0.25, 0.3) is 5.91 Å². The maximum absolute atomic E-state index is 13.0. The summed E-state index contributed by atoms with van der Waals surface area (Å²) >= 11 is 0. The van der Waals surface area contributed by atoms with Gasteiger partial charge in [0.05, 0.1) is 6.54 Å². The van der Waals surface area contributed by atoms with Crippen molar-refractivity contribution in [2.24, 2.45) is 0 Å². The Labute approximate surface area is 117 Å². The molecule has 1 amide bonds. The molecule has 4 nitrogen and oxygen atoms in total. The first-order chi connectivity index (χ1) is 9.60. The van der Waals surface area contributed by atoms with E-state index in [2.05, 4.69) is 0 Å². The lowest BCUT2D eigenvalue weighted by molar-refractivity contribution is -0.250. The van der Waals surface area contributed by atoms with Gasteiger partial charge in [-0.2, -0.15) is 13.2 Å². The van der Waals surface area contributed by atoms with Gasteiger partial charge in [0.15, 0.2) is 11.7 Å². The molecule has 2 atom stereocenters. The number of fused-ring (bicyclic) bond motifs is 1. The minimum Gasteiger partial charge on any atom is -0.480 e. The van der Waals surface area contributed by atoms with Gasteiger partial charge < -0.3 is 15.2 Å². The summed E-state index contributed by atoms with van der Waals surface area (Å²) in [5.74, 6) is -0.964. The Morgan fingerprint density at radius 3 is 2.76 bits per heavy atom. The molecule has 0 unspecified atom stereocenters. The first-order valence-electron chi connectivity index (χ1n) is 6.12. The third-order valence-corrected chi connectivity index (χ3v) is 3.21. The summed E-state index contributed by atoms with van der Waals surface area (Å²) in [5.41, 5.74) is -2.56. The normalized spacial score (nSPS) is 20.4. The van der Waals surface area contributed by atoms with Gasteiger partial charge in [0, 0.05) is 12.0 Å². The molecule has 0 aliphatic carbocycles. The summed E-state index contributed by atoms with van der Waals surface area (Å²) in [6.07, 6.45) is -5.83. The predicted molar refractivity (Wildman–Crippen MR) is 64.2 cm³/mol. The van der Waals surface area contributed by atoms with Gasteiger partial charge in [-0.05, 0) is 25.1 Å². The molecule has 1 aliphatic rings. The average Bonchev–Trinajstić information content (AvgIpc) is 2.77. The Kier molecular flexibility index (Phi) is 3.83. The number of hydrogen-bond acceptors (Lipinski definition) is 3. The molecule has 0 bridgehead atoms. The molecular formula is C13H13F4NO3. The Bertz CT molecular complexity index is 557. The number of hydrogen-bond donors (Lipinski definition) is 2. The molecule has 2 rings (SSSR count). The van der Waals surface area contributed by atoms with E-state index in [1.54, 1.807) is 0 Å². The topological polar surface area (TPSA) is 58.6 Å². The van der Waals surface area contributed by atoms with Crippen molar-refractivity contribution >= 4 is 5.91 Å². The van der Waals surface area contributed by atoms with Crippen LogP contribution in [0.3, 0.4) is 0 Å². The molecule has 0 saturated heterocycles. The molecule has 1 aromatic rings. The Hall–Kier alpha value is -1.83. The zero-order valence-corrected chi connectivity index (χ0v) is 11.0. The number of benzene rings is 1. The fourth-order valence-electron chi connectivity index (χ4n) is 1.84. The van der Waals surface area contributed by atoms with Crippen molar-refractivity contribution in [1.82, 2.24) is 5.32 Å². The van der Waals surface area contributed by atoms with Gasteiger partial charge in [0.1, 0.15) is 11.6 Å². The highest BCUT2D eigenvalue weighted by atomic mass is 19.4. The SMILES string of the molecule is C[C@@](O)(CNC(=O)[C@@H]1Cc2cc(F)ccc2O1)C(F)(F)F. The Morgan fingerprint density at radius 2 is 2.14 bits per heavy atom. The van der Waals surface area contributed by atoms with Crippen LogP contribution in [0.2, 0.25) is 0 Å². The molecule has 0 fully saturated rings. The second kappa shape index (κ2) is 5.18. The van der Waals surface area contributed by atoms with Crippen LogP contribution in [0.1, 0.15) is 12.5 Å². The highest BCUT2D eigenvalue weighted by molar-refractivity contribution is 5.82. The summed E-state index contributed by atoms with van der Waals surface area (Å²) in [4.78, 5) is 11.8. The van der Waals surface area contributed by atoms with E-state index in [9.17, 15) is 27.5 Å². The van der Waals surface area contributed by atoms with Crippen LogP contribution in [0.5, 0.6) is 5.75 Å². The summed E-state index contributed by atoms with van der Waals surface area (Å²) in [5, 5.41) is 11.2. The number of nitrogens with one attached hydrogen (secondary N) is 1. The summed E-state index contributed by atoms with van der Waals surface area (Å²) in [7, 11) is 0. The number of carbonyl (C=O) groups excluding carboxylic acids is 1. The highest BCUT2D eigenvalue weighted by Crippen LogP contribution is 2.31. The quantitative estimate of drug-likeness (QED) is 0.833. The van der Waals surface area contributed by atoms with Crippen molar-refractivity contribution in [2.75, 3.05) is 6.54 Å². The average molecular weight is 307 g/mol. The van der Waals surface area contributed by atoms with E-state index in [1.165, 1.54) is 12.1 Å². The number of rotatable bonds is 3. The van der Waals surface area contributed by atoms with E-state index in [0.717, 1.165) is 6.07 Å². The molecule has 116 valence electrons. The maximum Gasteiger partial charge on any atom is 0.418 e. The van der Waals surface area contributed by atoms with Crippen LogP contribution in [-0.2, 0) is 11.2 Å². The van der Waals surface area contributed by atoms with Crippen molar-refractivity contribution < 1.29 is 32.2 Å². The van der Waals surface area contributed by atoms with Crippen LogP contribution in [-0.4, -0.2) is 35.4 Å². The maximum atomic E-state index is 13.0. The van der Waals surface area contributed by atoms with Crippen LogP contribution in [0.4, 0.5) is 17.6 Å². The van der Waals surface area contributed by atoms with Crippen molar-refractivity contribution in [2.45, 2.75) is 31.2 Å². The second-order valence-electron chi connectivity index (χ2n) is 5.05. The minimum atomic E-state index is -4.86. The molecule has 1 aromatic carbocycles. The van der Waals surface area contributed by atoms with Gasteiger partial charge in [-0.3, -0.25) is 4.79 Å². The van der Waals surface area contributed by atoms with Crippen molar-refractivity contribution in [1.29, 1.82) is 0 Å². The number of ether oxygens (including phenoxy) is 1. The second-order valence-corrected chi connectivity index (χ2v) is 5.05. The monoisotopic (exact) mass is 307 g/mol. The predicted octanol–water partition coefficient (Wildman–Crippen LogP) is 1.56. The number of alkyl halides is 3. The minimum absolute atomic E-state index is 0.0626. The fraction of sp³-hybridized carbons (Fsp3) is 0.462. The number of carbonyl (C=O) groups is 1. The molecular weight excluding hydrogens is 294 g/mol. The van der Waals surface area contributed by atoms with Gasteiger partial charge in [0.2, 0.25) is 0 Å². The van der Waals surface area contributed by atoms with Crippen LogP contribution in [0.25, 0.3) is 0 Å². The van der Waals surface area contributed by atoms with Gasteiger partial charge in [-0.1, -0.05) is 0 Å². The van der Waals surface area contributed by atoms with Crippen LogP contribution in [0, 0.1) is 5.82 Å². The van der Waals surface area contributed by atoms with E-state index < -0.39 is 36.2 Å². The Morgan fingerprint density at radius 1 is 1.48 bits per heavy atom. The largest absolute Gasteiger partial charge is 0.480 e. The molecule has 0 saturated carbocycles. The third kappa shape index (κ3) is 3.26. The third-order valence-electron chi connectivity index (χ3n) is 3.21. The van der Waals surface area contributed by atoms with Crippen molar-refractivity contribution in [3.05, 3.63) is 29.6 Å². The summed E-state index contributed by atoms with van der Waals surface area (Å²) < 4.78 is 55.6. The van der Waals surface area contributed by atoms with Crippen molar-refractivity contribution in [3.63, 3.8) is 0 Å². The standard InChI is InChI=1S/C13H13F4NO3/c1-12(20,13(15,16)17)6-18-11(19)10-5-7-4-8(14)2-3-9(7)21-10/h2-4,10,20H,5-6H2,1H3,(H,18,19)/t10-,12+/m0/s1. The van der Waals surface area contributed by atoms with Crippen LogP contribution < -0.4 is 10.1 Å². The van der Waals surface area contributed by atoms with E-state index in [-0.39, 0.29) is 6.42 Å². The fourth-order valence-corrected chi connectivity index (χ4v) is 1.84. The number of halogens is 4. The molecule has 0 radical (unpaired) electrons. The van der Waals surface area contributed by atoms with Gasteiger partial charge in [-0.25, -0.2) is 4.39 Å². The Balaban J connectivity index is 1.95. The molecule has 21 heavy (non-hydrogen) atoms. The number of amides is 1. The zero-order valence-electron chi connectivity index (χ0n) is 11.0. The molecule has 8 heteroatoms. The van der Waals surface area contributed by atoms with Crippen LogP contribution >= 0.6 is 0 Å². The summed E-state index contributed by atoms with van der Waals surface area (Å²) in [6, 6.07) is 3.71. The van der Waals surface area contributed by atoms with Gasteiger partial charge in [-0.15, -0.1) is 0 Å². The van der Waals surface area contributed by atoms with E-state index in [0.29, 0.717) is 18.2 Å². The number of aliphatic hydroxyl groups is 1.